The summed E-state index contributed by atoms with van der Waals surface area (Å²) in [6, 6.07) is 5.19. The summed E-state index contributed by atoms with van der Waals surface area (Å²) in [6.45, 7) is 2.45. The summed E-state index contributed by atoms with van der Waals surface area (Å²) in [5, 5.41) is 5.77. The van der Waals surface area contributed by atoms with Crippen LogP contribution < -0.4 is 20.1 Å². The lowest BCUT2D eigenvalue weighted by Crippen LogP contribution is -2.56. The van der Waals surface area contributed by atoms with Crippen LogP contribution in [-0.2, 0) is 16.1 Å². The number of hydrogen-bond donors (Lipinski definition) is 2. The Labute approximate surface area is 165 Å². The predicted octanol–water partition coefficient (Wildman–Crippen LogP) is 1.26. The van der Waals surface area contributed by atoms with Crippen LogP contribution in [0, 0.1) is 0 Å². The van der Waals surface area contributed by atoms with Crippen molar-refractivity contribution in [1.29, 1.82) is 0 Å². The van der Waals surface area contributed by atoms with Gasteiger partial charge in [-0.2, -0.15) is 11.8 Å². The molecule has 1 saturated heterocycles. The van der Waals surface area contributed by atoms with Crippen LogP contribution in [0.2, 0.25) is 0 Å². The molecule has 1 aliphatic rings. The summed E-state index contributed by atoms with van der Waals surface area (Å²) < 4.78 is 10.6. The Hall–Kier alpha value is -1.93. The maximum atomic E-state index is 12.4. The largest absolute Gasteiger partial charge is 0.497 e. The molecule has 0 radical (unpaired) electrons. The van der Waals surface area contributed by atoms with Crippen molar-refractivity contribution in [1.82, 2.24) is 15.5 Å². The number of piperazine rings is 1. The van der Waals surface area contributed by atoms with Gasteiger partial charge in [-0.05, 0) is 36.1 Å². The summed E-state index contributed by atoms with van der Waals surface area (Å²) in [6.07, 6.45) is 3.13. The lowest BCUT2D eigenvalue weighted by atomic mass is 10.1. The first-order valence-electron chi connectivity index (χ1n) is 9.06. The highest BCUT2D eigenvalue weighted by Crippen LogP contribution is 2.24. The van der Waals surface area contributed by atoms with E-state index in [9.17, 15) is 9.59 Å². The van der Waals surface area contributed by atoms with Crippen LogP contribution in [0.5, 0.6) is 11.5 Å². The molecule has 1 unspecified atom stereocenters. The first-order valence-corrected chi connectivity index (χ1v) is 10.5. The van der Waals surface area contributed by atoms with Crippen molar-refractivity contribution in [3.8, 4) is 11.5 Å². The van der Waals surface area contributed by atoms with Gasteiger partial charge in [0.05, 0.1) is 26.7 Å². The third-order valence-corrected chi connectivity index (χ3v) is 5.16. The number of rotatable bonds is 10. The normalized spacial score (nSPS) is 17.3. The molecule has 0 aliphatic carbocycles. The number of hydrogen-bond acceptors (Lipinski definition) is 6. The van der Waals surface area contributed by atoms with E-state index in [1.165, 1.54) is 0 Å². The second kappa shape index (κ2) is 11.0. The molecule has 1 aromatic rings. The fraction of sp³-hybridized carbons (Fsp3) is 0.579. The van der Waals surface area contributed by atoms with E-state index < -0.39 is 6.04 Å². The highest BCUT2D eigenvalue weighted by atomic mass is 32.2. The molecule has 2 amide bonds. The maximum absolute atomic E-state index is 12.4. The van der Waals surface area contributed by atoms with Crippen LogP contribution in [-0.4, -0.2) is 68.6 Å². The summed E-state index contributed by atoms with van der Waals surface area (Å²) >= 11 is 1.75. The van der Waals surface area contributed by atoms with Gasteiger partial charge in [-0.3, -0.25) is 14.5 Å². The average Bonchev–Trinajstić information content (AvgIpc) is 2.67. The van der Waals surface area contributed by atoms with Crippen molar-refractivity contribution >= 4 is 23.6 Å². The van der Waals surface area contributed by atoms with Crippen molar-refractivity contribution < 1.29 is 19.1 Å². The molecule has 1 heterocycles. The number of carbonyl (C=O) groups is 2. The van der Waals surface area contributed by atoms with Crippen LogP contribution in [0.25, 0.3) is 0 Å². The molecule has 2 rings (SSSR count). The number of carbonyl (C=O) groups excluding carboxylic acids is 2. The maximum Gasteiger partial charge on any atom is 0.237 e. The molecule has 1 aliphatic heterocycles. The second-order valence-corrected chi connectivity index (χ2v) is 7.38. The SMILES string of the molecule is COc1cc(CN2CCNC(=O)C2CC(=O)NCCCSC)cc(OC)c1. The smallest absolute Gasteiger partial charge is 0.237 e. The average molecular weight is 396 g/mol. The number of thioether (sulfide) groups is 1. The van der Waals surface area contributed by atoms with Crippen LogP contribution in [0.4, 0.5) is 0 Å². The number of nitrogens with one attached hydrogen (secondary N) is 2. The topological polar surface area (TPSA) is 79.9 Å². The van der Waals surface area contributed by atoms with Gasteiger partial charge in [0.1, 0.15) is 11.5 Å². The van der Waals surface area contributed by atoms with Crippen molar-refractivity contribution in [2.24, 2.45) is 0 Å². The monoisotopic (exact) mass is 395 g/mol. The molecule has 1 atom stereocenters. The van der Waals surface area contributed by atoms with Gasteiger partial charge in [0.2, 0.25) is 11.8 Å². The number of methoxy groups -OCH3 is 2. The highest BCUT2D eigenvalue weighted by molar-refractivity contribution is 7.98. The molecular weight excluding hydrogens is 366 g/mol. The molecule has 1 fully saturated rings. The van der Waals surface area contributed by atoms with Crippen LogP contribution >= 0.6 is 11.8 Å². The third kappa shape index (κ3) is 6.62. The molecule has 150 valence electrons. The van der Waals surface area contributed by atoms with E-state index in [0.717, 1.165) is 17.7 Å². The Morgan fingerprint density at radius 1 is 1.30 bits per heavy atom. The number of amides is 2. The van der Waals surface area contributed by atoms with Crippen LogP contribution in [0.15, 0.2) is 18.2 Å². The van der Waals surface area contributed by atoms with Gasteiger partial charge in [0.15, 0.2) is 0 Å². The van der Waals surface area contributed by atoms with Gasteiger partial charge < -0.3 is 20.1 Å². The summed E-state index contributed by atoms with van der Waals surface area (Å²) in [4.78, 5) is 26.7. The zero-order valence-corrected chi connectivity index (χ0v) is 17.1. The molecule has 2 N–H and O–H groups in total. The summed E-state index contributed by atoms with van der Waals surface area (Å²) in [5.74, 6) is 2.22. The van der Waals surface area contributed by atoms with E-state index in [2.05, 4.69) is 10.6 Å². The zero-order valence-electron chi connectivity index (χ0n) is 16.2. The highest BCUT2D eigenvalue weighted by Gasteiger charge is 2.31. The minimum atomic E-state index is -0.475. The van der Waals surface area contributed by atoms with Crippen molar-refractivity contribution in [3.05, 3.63) is 23.8 Å². The van der Waals surface area contributed by atoms with E-state index in [1.54, 1.807) is 26.0 Å². The molecule has 0 saturated carbocycles. The Balaban J connectivity index is 2.02. The fourth-order valence-corrected chi connectivity index (χ4v) is 3.49. The Morgan fingerprint density at radius 2 is 2.00 bits per heavy atom. The molecule has 0 spiro atoms. The van der Waals surface area contributed by atoms with E-state index in [4.69, 9.17) is 9.47 Å². The minimum Gasteiger partial charge on any atom is -0.497 e. The molecule has 0 bridgehead atoms. The van der Waals surface area contributed by atoms with Crippen molar-refractivity contribution in [2.75, 3.05) is 45.9 Å². The lowest BCUT2D eigenvalue weighted by Gasteiger charge is -2.34. The van der Waals surface area contributed by atoms with Crippen molar-refractivity contribution in [3.63, 3.8) is 0 Å². The number of nitrogens with zero attached hydrogens (tertiary/aromatic N) is 1. The van der Waals surface area contributed by atoms with Gasteiger partial charge in [-0.1, -0.05) is 0 Å². The molecule has 0 aromatic heterocycles. The van der Waals surface area contributed by atoms with Gasteiger partial charge in [-0.25, -0.2) is 0 Å². The van der Waals surface area contributed by atoms with E-state index in [0.29, 0.717) is 37.7 Å². The van der Waals surface area contributed by atoms with Gasteiger partial charge in [0.25, 0.3) is 0 Å². The predicted molar refractivity (Wildman–Crippen MR) is 107 cm³/mol. The summed E-state index contributed by atoms with van der Waals surface area (Å²) in [7, 11) is 3.22. The first-order chi connectivity index (χ1) is 13.1. The fourth-order valence-electron chi connectivity index (χ4n) is 3.06. The van der Waals surface area contributed by atoms with Crippen LogP contribution in [0.1, 0.15) is 18.4 Å². The number of benzene rings is 1. The van der Waals surface area contributed by atoms with Gasteiger partial charge in [0, 0.05) is 32.2 Å². The Bertz CT molecular complexity index is 619. The van der Waals surface area contributed by atoms with E-state index in [1.807, 2.05) is 29.4 Å². The molecule has 27 heavy (non-hydrogen) atoms. The minimum absolute atomic E-state index is 0.0913. The Kier molecular flexibility index (Phi) is 8.74. The van der Waals surface area contributed by atoms with E-state index in [-0.39, 0.29) is 18.2 Å². The van der Waals surface area contributed by atoms with Gasteiger partial charge >= 0.3 is 0 Å². The quantitative estimate of drug-likeness (QED) is 0.581. The van der Waals surface area contributed by atoms with Crippen molar-refractivity contribution in [2.45, 2.75) is 25.4 Å². The molecule has 7 nitrogen and oxygen atoms in total. The van der Waals surface area contributed by atoms with Gasteiger partial charge in [-0.15, -0.1) is 0 Å². The zero-order chi connectivity index (χ0) is 19.6. The number of ether oxygens (including phenoxy) is 2. The molecular formula is C19H29N3O4S. The first kappa shape index (κ1) is 21.4. The summed E-state index contributed by atoms with van der Waals surface area (Å²) in [5.41, 5.74) is 0.978. The molecule has 1 aromatic carbocycles. The van der Waals surface area contributed by atoms with E-state index >= 15 is 0 Å². The Morgan fingerprint density at radius 3 is 2.63 bits per heavy atom. The second-order valence-electron chi connectivity index (χ2n) is 6.40. The lowest BCUT2D eigenvalue weighted by molar-refractivity contribution is -0.134. The standard InChI is InChI=1S/C19H29N3O4S/c1-25-15-9-14(10-16(11-15)26-2)13-22-7-6-21-19(24)17(22)12-18(23)20-5-4-8-27-3/h9-11,17H,4-8,12-13H2,1-3H3,(H,20,23)(H,21,24). The third-order valence-electron chi connectivity index (χ3n) is 4.46. The molecule has 8 heteroatoms. The van der Waals surface area contributed by atoms with Crippen LogP contribution in [0.3, 0.4) is 0 Å².